The van der Waals surface area contributed by atoms with Crippen LogP contribution in [0, 0.1) is 20.2 Å². The lowest BCUT2D eigenvalue weighted by molar-refractivity contribution is -0.395. The molecule has 2 saturated heterocycles. The molecule has 0 atom stereocenters. The van der Waals surface area contributed by atoms with E-state index in [1.165, 1.54) is 12.1 Å². The van der Waals surface area contributed by atoms with Crippen molar-refractivity contribution < 1.29 is 19.3 Å². The van der Waals surface area contributed by atoms with Crippen molar-refractivity contribution in [3.8, 4) is 5.75 Å². The lowest BCUT2D eigenvalue weighted by atomic mass is 9.89. The third kappa shape index (κ3) is 2.74. The summed E-state index contributed by atoms with van der Waals surface area (Å²) in [6.45, 7) is 0. The maximum atomic E-state index is 11.2. The zero-order chi connectivity index (χ0) is 15.7. The van der Waals surface area contributed by atoms with Crippen molar-refractivity contribution in [1.82, 2.24) is 0 Å². The first-order chi connectivity index (χ1) is 10.5. The highest BCUT2D eigenvalue weighted by Crippen LogP contribution is 2.43. The van der Waals surface area contributed by atoms with Gasteiger partial charge in [-0.1, -0.05) is 0 Å². The van der Waals surface area contributed by atoms with E-state index in [1.54, 1.807) is 0 Å². The first-order valence-electron chi connectivity index (χ1n) is 7.29. The first-order valence-corrected chi connectivity index (χ1v) is 7.29. The van der Waals surface area contributed by atoms with Crippen LogP contribution in [0.25, 0.3) is 0 Å². The van der Waals surface area contributed by atoms with E-state index in [9.17, 15) is 20.2 Å². The van der Waals surface area contributed by atoms with Crippen LogP contribution >= 0.6 is 0 Å². The van der Waals surface area contributed by atoms with Crippen molar-refractivity contribution in [2.24, 2.45) is 0 Å². The van der Waals surface area contributed by atoms with Gasteiger partial charge in [-0.15, -0.1) is 0 Å². The summed E-state index contributed by atoms with van der Waals surface area (Å²) in [5, 5.41) is 21.9. The molecule has 2 aliphatic heterocycles. The highest BCUT2D eigenvalue weighted by Gasteiger charge is 2.43. The number of hydrogen-bond acceptors (Lipinski definition) is 6. The van der Waals surface area contributed by atoms with Gasteiger partial charge in [-0.25, -0.2) is 0 Å². The molecule has 2 fully saturated rings. The van der Waals surface area contributed by atoms with Gasteiger partial charge in [0.25, 0.3) is 5.69 Å². The Morgan fingerprint density at radius 3 is 2.41 bits per heavy atom. The molecule has 1 aromatic rings. The minimum Gasteiger partial charge on any atom is -0.455 e. The van der Waals surface area contributed by atoms with Crippen LogP contribution in [0.1, 0.15) is 38.5 Å². The summed E-state index contributed by atoms with van der Waals surface area (Å²) >= 11 is 0. The Labute approximate surface area is 126 Å². The summed E-state index contributed by atoms with van der Waals surface area (Å²) in [6.07, 6.45) is 5.35. The van der Waals surface area contributed by atoms with Crippen molar-refractivity contribution in [2.45, 2.75) is 50.4 Å². The molecule has 2 heterocycles. The molecular formula is C14H16N2O6. The van der Waals surface area contributed by atoms with Crippen LogP contribution in [-0.4, -0.2) is 21.7 Å². The molecule has 2 aliphatic rings. The van der Waals surface area contributed by atoms with E-state index in [-0.39, 0.29) is 17.5 Å². The molecule has 0 unspecified atom stereocenters. The fourth-order valence-corrected chi connectivity index (χ4v) is 3.18. The lowest BCUT2D eigenvalue weighted by Crippen LogP contribution is -2.48. The molecule has 0 radical (unpaired) electrons. The van der Waals surface area contributed by atoms with Crippen molar-refractivity contribution in [2.75, 3.05) is 0 Å². The number of nitrogens with zero attached hydrogens (tertiary/aromatic N) is 2. The Hall–Kier alpha value is -2.22. The van der Waals surface area contributed by atoms with Crippen LogP contribution in [0.4, 0.5) is 11.4 Å². The maximum Gasteiger partial charge on any atom is 0.317 e. The average Bonchev–Trinajstić information content (AvgIpc) is 2.47. The fraction of sp³-hybridized carbons (Fsp3) is 0.571. The van der Waals surface area contributed by atoms with Crippen LogP contribution in [0.2, 0.25) is 0 Å². The summed E-state index contributed by atoms with van der Waals surface area (Å²) < 4.78 is 11.8. The molecule has 1 aromatic carbocycles. The van der Waals surface area contributed by atoms with Crippen LogP contribution in [0.5, 0.6) is 5.75 Å². The van der Waals surface area contributed by atoms with Crippen molar-refractivity contribution in [3.05, 3.63) is 38.4 Å². The molecule has 2 bridgehead atoms. The number of fused-ring (bicyclic) bond motifs is 2. The first kappa shape index (κ1) is 14.7. The Morgan fingerprint density at radius 1 is 1.14 bits per heavy atom. The number of non-ortho nitro benzene ring substituents is 1. The third-order valence-electron chi connectivity index (χ3n) is 4.19. The molecule has 8 heteroatoms. The van der Waals surface area contributed by atoms with Gasteiger partial charge >= 0.3 is 5.69 Å². The molecule has 0 aromatic heterocycles. The Balaban J connectivity index is 1.91. The van der Waals surface area contributed by atoms with Gasteiger partial charge in [-0.2, -0.15) is 0 Å². The van der Waals surface area contributed by atoms with E-state index >= 15 is 0 Å². The second kappa shape index (κ2) is 5.53. The minimum atomic E-state index is -0.831. The van der Waals surface area contributed by atoms with Crippen molar-refractivity contribution >= 4 is 11.4 Å². The van der Waals surface area contributed by atoms with Crippen LogP contribution < -0.4 is 4.74 Å². The summed E-state index contributed by atoms with van der Waals surface area (Å²) in [7, 11) is 0. The monoisotopic (exact) mass is 308 g/mol. The second-order valence-corrected chi connectivity index (χ2v) is 5.70. The molecular weight excluding hydrogens is 292 g/mol. The highest BCUT2D eigenvalue weighted by atomic mass is 16.7. The van der Waals surface area contributed by atoms with Crippen molar-refractivity contribution in [3.63, 3.8) is 0 Å². The molecule has 0 N–H and O–H groups in total. The van der Waals surface area contributed by atoms with Crippen molar-refractivity contribution in [1.29, 1.82) is 0 Å². The lowest BCUT2D eigenvalue weighted by Gasteiger charge is -2.44. The molecule has 0 amide bonds. The Bertz CT molecular complexity index is 607. The molecule has 22 heavy (non-hydrogen) atoms. The molecule has 3 rings (SSSR count). The maximum absolute atomic E-state index is 11.2. The smallest absolute Gasteiger partial charge is 0.317 e. The topological polar surface area (TPSA) is 105 Å². The number of nitro groups is 2. The standard InChI is InChI=1S/C14H16N2O6/c17-15(18)10-5-6-13(12(9-10)16(19)20)22-14-7-1-3-11(21-14)4-2-8-14/h5-6,9,11H,1-4,7-8H2. The fourth-order valence-electron chi connectivity index (χ4n) is 3.18. The average molecular weight is 308 g/mol. The largest absolute Gasteiger partial charge is 0.455 e. The van der Waals surface area contributed by atoms with E-state index in [0.29, 0.717) is 12.8 Å². The van der Waals surface area contributed by atoms with Gasteiger partial charge < -0.3 is 9.47 Å². The van der Waals surface area contributed by atoms with Crippen LogP contribution in [0.15, 0.2) is 18.2 Å². The van der Waals surface area contributed by atoms with E-state index < -0.39 is 21.3 Å². The van der Waals surface area contributed by atoms with E-state index in [1.807, 2.05) is 0 Å². The predicted octanol–water partition coefficient (Wildman–Crippen LogP) is 3.33. The van der Waals surface area contributed by atoms with Crippen LogP contribution in [0.3, 0.4) is 0 Å². The summed E-state index contributed by atoms with van der Waals surface area (Å²) in [4.78, 5) is 20.6. The van der Waals surface area contributed by atoms with Gasteiger partial charge in [-0.3, -0.25) is 20.2 Å². The molecule has 0 spiro atoms. The number of rotatable bonds is 4. The minimum absolute atomic E-state index is 0.0261. The summed E-state index contributed by atoms with van der Waals surface area (Å²) in [6, 6.07) is 3.42. The van der Waals surface area contributed by atoms with Gasteiger partial charge in [0.1, 0.15) is 0 Å². The third-order valence-corrected chi connectivity index (χ3v) is 4.19. The van der Waals surface area contributed by atoms with Gasteiger partial charge in [-0.05, 0) is 31.7 Å². The van der Waals surface area contributed by atoms with E-state index in [2.05, 4.69) is 0 Å². The number of benzene rings is 1. The highest BCUT2D eigenvalue weighted by molar-refractivity contribution is 5.53. The van der Waals surface area contributed by atoms with E-state index in [0.717, 1.165) is 31.7 Å². The summed E-state index contributed by atoms with van der Waals surface area (Å²) in [5.41, 5.74) is -0.734. The SMILES string of the molecule is O=[N+]([O-])c1ccc(OC23CCCC(CCC2)O3)c([N+](=O)[O-])c1. The zero-order valence-electron chi connectivity index (χ0n) is 11.9. The normalized spacial score (nSPS) is 27.2. The van der Waals surface area contributed by atoms with Gasteiger partial charge in [0.05, 0.1) is 22.0 Å². The van der Waals surface area contributed by atoms with Gasteiger partial charge in [0.2, 0.25) is 11.5 Å². The van der Waals surface area contributed by atoms with Gasteiger partial charge in [0.15, 0.2) is 0 Å². The molecule has 8 nitrogen and oxygen atoms in total. The second-order valence-electron chi connectivity index (χ2n) is 5.70. The molecule has 0 saturated carbocycles. The zero-order valence-corrected chi connectivity index (χ0v) is 11.9. The molecule has 0 aliphatic carbocycles. The number of hydrogen-bond donors (Lipinski definition) is 0. The summed E-state index contributed by atoms with van der Waals surface area (Å²) in [5.74, 6) is -0.805. The number of ether oxygens (including phenoxy) is 2. The van der Waals surface area contributed by atoms with Crippen LogP contribution in [-0.2, 0) is 4.74 Å². The Morgan fingerprint density at radius 2 is 1.82 bits per heavy atom. The predicted molar refractivity (Wildman–Crippen MR) is 75.7 cm³/mol. The van der Waals surface area contributed by atoms with Gasteiger partial charge in [0, 0.05) is 18.9 Å². The van der Waals surface area contributed by atoms with E-state index in [4.69, 9.17) is 9.47 Å². The Kier molecular flexibility index (Phi) is 3.69. The number of nitro benzene ring substituents is 2. The molecule has 118 valence electrons. The quantitative estimate of drug-likeness (QED) is 0.624.